The molecule has 31 heavy (non-hydrogen) atoms. The van der Waals surface area contributed by atoms with E-state index >= 15 is 0 Å². The second-order valence-corrected chi connectivity index (χ2v) is 8.21. The van der Waals surface area contributed by atoms with Crippen LogP contribution in [-0.4, -0.2) is 22.6 Å². The Morgan fingerprint density at radius 3 is 2.71 bits per heavy atom. The Morgan fingerprint density at radius 2 is 1.97 bits per heavy atom. The van der Waals surface area contributed by atoms with Gasteiger partial charge in [0.15, 0.2) is 0 Å². The van der Waals surface area contributed by atoms with E-state index < -0.39 is 0 Å². The molecular formula is C26H25N3O2. The Labute approximate surface area is 181 Å². The molecule has 0 unspecified atom stereocenters. The summed E-state index contributed by atoms with van der Waals surface area (Å²) in [4.78, 5) is 17.0. The van der Waals surface area contributed by atoms with Crippen molar-refractivity contribution in [3.63, 3.8) is 0 Å². The van der Waals surface area contributed by atoms with Crippen LogP contribution in [0.15, 0.2) is 67.0 Å². The molecule has 5 heteroatoms. The quantitative estimate of drug-likeness (QED) is 0.407. The number of aromatic nitrogens is 2. The molecule has 5 rings (SSSR count). The van der Waals surface area contributed by atoms with Gasteiger partial charge in [0.25, 0.3) is 0 Å². The Hall–Kier alpha value is -3.60. The van der Waals surface area contributed by atoms with Crippen LogP contribution in [0.3, 0.4) is 0 Å². The number of benzene rings is 2. The number of aryl methyl sites for hydroxylation is 1. The van der Waals surface area contributed by atoms with Crippen LogP contribution in [-0.2, 0) is 11.3 Å². The van der Waals surface area contributed by atoms with Gasteiger partial charge in [0.05, 0.1) is 7.11 Å². The first kappa shape index (κ1) is 19.4. The summed E-state index contributed by atoms with van der Waals surface area (Å²) in [6, 6.07) is 18.8. The molecule has 0 spiro atoms. The predicted molar refractivity (Wildman–Crippen MR) is 123 cm³/mol. The SMILES string of the molecule is COC(=O)c1cc(C2CC2)cnc1Nc1cc2ccn(Cc3ccccc3)c2cc1C. The topological polar surface area (TPSA) is 56.1 Å². The lowest BCUT2D eigenvalue weighted by atomic mass is 10.1. The van der Waals surface area contributed by atoms with Crippen molar-refractivity contribution in [2.75, 3.05) is 12.4 Å². The highest BCUT2D eigenvalue weighted by Gasteiger charge is 2.26. The number of pyridine rings is 1. The number of rotatable bonds is 6. The lowest BCUT2D eigenvalue weighted by Crippen LogP contribution is -2.09. The molecule has 0 radical (unpaired) electrons. The lowest BCUT2D eigenvalue weighted by molar-refractivity contribution is 0.0601. The summed E-state index contributed by atoms with van der Waals surface area (Å²) in [5.74, 6) is 0.681. The fourth-order valence-corrected chi connectivity index (χ4v) is 4.01. The highest BCUT2D eigenvalue weighted by molar-refractivity contribution is 5.96. The van der Waals surface area contributed by atoms with E-state index in [4.69, 9.17) is 4.74 Å². The Balaban J connectivity index is 1.47. The number of fused-ring (bicyclic) bond motifs is 1. The van der Waals surface area contributed by atoms with Crippen molar-refractivity contribution in [2.45, 2.75) is 32.2 Å². The second kappa shape index (κ2) is 7.91. The van der Waals surface area contributed by atoms with Gasteiger partial charge in [-0.1, -0.05) is 30.3 Å². The zero-order valence-electron chi connectivity index (χ0n) is 17.8. The Kier molecular flexibility index (Phi) is 4.94. The van der Waals surface area contributed by atoms with Gasteiger partial charge in [-0.15, -0.1) is 0 Å². The van der Waals surface area contributed by atoms with Gasteiger partial charge in [0.1, 0.15) is 11.4 Å². The maximum atomic E-state index is 12.4. The number of carbonyl (C=O) groups is 1. The predicted octanol–water partition coefficient (Wildman–Crippen LogP) is 5.80. The summed E-state index contributed by atoms with van der Waals surface area (Å²) in [5, 5.41) is 4.51. The van der Waals surface area contributed by atoms with E-state index in [9.17, 15) is 4.79 Å². The molecule has 1 aliphatic rings. The first-order chi connectivity index (χ1) is 15.1. The van der Waals surface area contributed by atoms with Crippen LogP contribution in [0.25, 0.3) is 10.9 Å². The molecule has 156 valence electrons. The van der Waals surface area contributed by atoms with Crippen LogP contribution < -0.4 is 5.32 Å². The molecule has 4 aromatic rings. The van der Waals surface area contributed by atoms with Gasteiger partial charge in [-0.25, -0.2) is 9.78 Å². The van der Waals surface area contributed by atoms with Crippen LogP contribution in [0.2, 0.25) is 0 Å². The van der Waals surface area contributed by atoms with E-state index in [0.717, 1.165) is 41.6 Å². The highest BCUT2D eigenvalue weighted by atomic mass is 16.5. The average molecular weight is 412 g/mol. The maximum Gasteiger partial charge on any atom is 0.341 e. The summed E-state index contributed by atoms with van der Waals surface area (Å²) >= 11 is 0. The van der Waals surface area contributed by atoms with E-state index in [0.29, 0.717) is 17.3 Å². The van der Waals surface area contributed by atoms with E-state index in [1.165, 1.54) is 18.2 Å². The molecule has 2 heterocycles. The molecule has 1 aliphatic carbocycles. The minimum Gasteiger partial charge on any atom is -0.465 e. The van der Waals surface area contributed by atoms with Crippen LogP contribution >= 0.6 is 0 Å². The molecule has 0 atom stereocenters. The van der Waals surface area contributed by atoms with Crippen molar-refractivity contribution >= 4 is 28.4 Å². The fourth-order valence-electron chi connectivity index (χ4n) is 4.01. The maximum absolute atomic E-state index is 12.4. The summed E-state index contributed by atoms with van der Waals surface area (Å²) in [6.07, 6.45) is 6.30. The van der Waals surface area contributed by atoms with Gasteiger partial charge in [-0.3, -0.25) is 0 Å². The Bertz CT molecular complexity index is 1260. The number of ether oxygens (including phenoxy) is 1. The number of carbonyl (C=O) groups excluding carboxylic acids is 1. The molecule has 0 bridgehead atoms. The minimum absolute atomic E-state index is 0.370. The lowest BCUT2D eigenvalue weighted by Gasteiger charge is -2.14. The third-order valence-electron chi connectivity index (χ3n) is 5.93. The minimum atomic E-state index is -0.370. The first-order valence-corrected chi connectivity index (χ1v) is 10.6. The second-order valence-electron chi connectivity index (χ2n) is 8.21. The van der Waals surface area contributed by atoms with Crippen LogP contribution in [0.4, 0.5) is 11.5 Å². The van der Waals surface area contributed by atoms with Gasteiger partial charge in [0.2, 0.25) is 0 Å². The number of hydrogen-bond acceptors (Lipinski definition) is 4. The molecule has 1 fully saturated rings. The van der Waals surface area contributed by atoms with Crippen molar-refractivity contribution in [1.82, 2.24) is 9.55 Å². The third-order valence-corrected chi connectivity index (χ3v) is 5.93. The monoisotopic (exact) mass is 411 g/mol. The van der Waals surface area contributed by atoms with Crippen LogP contribution in [0, 0.1) is 6.92 Å². The normalized spacial score (nSPS) is 13.4. The molecule has 1 N–H and O–H groups in total. The standard InChI is InChI=1S/C26H25N3O2/c1-17-12-24-20(10-11-29(24)16-18-6-4-3-5-7-18)14-23(17)28-25-22(26(30)31-2)13-21(15-27-25)19-8-9-19/h3-7,10-15,19H,8-9,16H2,1-2H3,(H,27,28). The van der Waals surface area contributed by atoms with Crippen LogP contribution in [0.5, 0.6) is 0 Å². The van der Waals surface area contributed by atoms with E-state index in [1.54, 1.807) is 0 Å². The van der Waals surface area contributed by atoms with E-state index in [2.05, 4.69) is 70.5 Å². The number of nitrogens with one attached hydrogen (secondary N) is 1. The fraction of sp³-hybridized carbons (Fsp3) is 0.231. The number of esters is 1. The van der Waals surface area contributed by atoms with Gasteiger partial charge < -0.3 is 14.6 Å². The smallest absolute Gasteiger partial charge is 0.341 e. The molecule has 0 aliphatic heterocycles. The van der Waals surface area contributed by atoms with Gasteiger partial charge in [-0.2, -0.15) is 0 Å². The summed E-state index contributed by atoms with van der Waals surface area (Å²) in [7, 11) is 1.41. The van der Waals surface area contributed by atoms with Gasteiger partial charge >= 0.3 is 5.97 Å². The molecule has 0 amide bonds. The number of methoxy groups -OCH3 is 1. The number of anilines is 2. The number of hydrogen-bond donors (Lipinski definition) is 1. The Morgan fingerprint density at radius 1 is 1.16 bits per heavy atom. The molecule has 0 saturated heterocycles. The zero-order valence-corrected chi connectivity index (χ0v) is 17.8. The van der Waals surface area contributed by atoms with Crippen molar-refractivity contribution in [1.29, 1.82) is 0 Å². The van der Waals surface area contributed by atoms with Crippen molar-refractivity contribution in [3.05, 3.63) is 89.2 Å². The first-order valence-electron chi connectivity index (χ1n) is 10.6. The number of nitrogens with zero attached hydrogens (tertiary/aromatic N) is 2. The van der Waals surface area contributed by atoms with Crippen LogP contribution in [0.1, 0.15) is 45.8 Å². The molecule has 5 nitrogen and oxygen atoms in total. The third kappa shape index (κ3) is 3.91. The zero-order chi connectivity index (χ0) is 21.4. The van der Waals surface area contributed by atoms with Gasteiger partial charge in [0, 0.05) is 35.5 Å². The van der Waals surface area contributed by atoms with Crippen molar-refractivity contribution in [3.8, 4) is 0 Å². The van der Waals surface area contributed by atoms with E-state index in [-0.39, 0.29) is 5.97 Å². The molecule has 1 saturated carbocycles. The molecular weight excluding hydrogens is 386 g/mol. The van der Waals surface area contributed by atoms with Crippen molar-refractivity contribution < 1.29 is 9.53 Å². The van der Waals surface area contributed by atoms with E-state index in [1.807, 2.05) is 18.3 Å². The summed E-state index contributed by atoms with van der Waals surface area (Å²) in [6.45, 7) is 2.89. The largest absolute Gasteiger partial charge is 0.465 e. The summed E-state index contributed by atoms with van der Waals surface area (Å²) < 4.78 is 7.26. The van der Waals surface area contributed by atoms with Crippen molar-refractivity contribution in [2.24, 2.45) is 0 Å². The molecule has 2 aromatic carbocycles. The summed E-state index contributed by atoms with van der Waals surface area (Å²) in [5.41, 5.74) is 6.05. The highest BCUT2D eigenvalue weighted by Crippen LogP contribution is 2.41. The van der Waals surface area contributed by atoms with Gasteiger partial charge in [-0.05, 0) is 66.6 Å². The average Bonchev–Trinajstić information content (AvgIpc) is 3.58. The molecule has 2 aromatic heterocycles.